The Kier molecular flexibility index (Phi) is 5.89. The van der Waals surface area contributed by atoms with Crippen molar-refractivity contribution in [2.45, 2.75) is 31.1 Å². The average molecular weight is 360 g/mol. The lowest BCUT2D eigenvalue weighted by molar-refractivity contribution is 0.0910. The number of ether oxygens (including phenoxy) is 3. The molecule has 0 saturated carbocycles. The molecule has 0 aliphatic rings. The molecule has 1 unspecified atom stereocenters. The van der Waals surface area contributed by atoms with E-state index in [9.17, 15) is 4.79 Å². The molecule has 0 bridgehead atoms. The summed E-state index contributed by atoms with van der Waals surface area (Å²) in [5.41, 5.74) is -0.00806. The fourth-order valence-corrected chi connectivity index (χ4v) is 1.85. The summed E-state index contributed by atoms with van der Waals surface area (Å²) in [6.07, 6.45) is 0. The van der Waals surface area contributed by atoms with Crippen molar-refractivity contribution in [2.24, 2.45) is 0 Å². The summed E-state index contributed by atoms with van der Waals surface area (Å²) in [5, 5.41) is 2.97. The predicted octanol–water partition coefficient (Wildman–Crippen LogP) is 3.00. The molecule has 1 rings (SSSR count). The van der Waals surface area contributed by atoms with Gasteiger partial charge in [-0.2, -0.15) is 0 Å². The van der Waals surface area contributed by atoms with E-state index in [1.807, 2.05) is 20.8 Å². The SMILES string of the molecule is COc1ccc(C(=O)NC(C)(C)C(C)Br)c(OC)c1OC. The van der Waals surface area contributed by atoms with Crippen molar-refractivity contribution in [1.82, 2.24) is 5.32 Å². The zero-order valence-electron chi connectivity index (χ0n) is 13.2. The zero-order valence-corrected chi connectivity index (χ0v) is 14.8. The Hall–Kier alpha value is -1.43. The van der Waals surface area contributed by atoms with Crippen molar-refractivity contribution in [2.75, 3.05) is 21.3 Å². The molecule has 6 heteroatoms. The van der Waals surface area contributed by atoms with Gasteiger partial charge in [-0.15, -0.1) is 0 Å². The minimum Gasteiger partial charge on any atom is -0.493 e. The van der Waals surface area contributed by atoms with E-state index >= 15 is 0 Å². The zero-order chi connectivity index (χ0) is 16.2. The highest BCUT2D eigenvalue weighted by molar-refractivity contribution is 9.09. The Labute approximate surface area is 134 Å². The van der Waals surface area contributed by atoms with Crippen LogP contribution in [0.5, 0.6) is 17.2 Å². The third-order valence-electron chi connectivity index (χ3n) is 3.38. The first-order chi connectivity index (χ1) is 9.78. The van der Waals surface area contributed by atoms with Crippen molar-refractivity contribution in [1.29, 1.82) is 0 Å². The second kappa shape index (κ2) is 7.02. The Morgan fingerprint density at radius 2 is 1.71 bits per heavy atom. The number of carbonyl (C=O) groups is 1. The van der Waals surface area contributed by atoms with Gasteiger partial charge in [-0.05, 0) is 26.0 Å². The van der Waals surface area contributed by atoms with Gasteiger partial charge in [0.2, 0.25) is 5.75 Å². The standard InChI is InChI=1S/C15H22BrNO4/c1-9(16)15(2,3)17-14(18)10-7-8-11(19-4)13(21-6)12(10)20-5/h7-9H,1-6H3,(H,17,18). The third kappa shape index (κ3) is 3.81. The molecule has 0 heterocycles. The van der Waals surface area contributed by atoms with Crippen molar-refractivity contribution in [3.8, 4) is 17.2 Å². The normalized spacial score (nSPS) is 12.5. The number of methoxy groups -OCH3 is 3. The van der Waals surface area contributed by atoms with Gasteiger partial charge in [-0.1, -0.05) is 22.9 Å². The molecule has 0 aliphatic heterocycles. The Morgan fingerprint density at radius 1 is 1.14 bits per heavy atom. The van der Waals surface area contributed by atoms with E-state index in [1.54, 1.807) is 12.1 Å². The van der Waals surface area contributed by atoms with Crippen LogP contribution in [0.4, 0.5) is 0 Å². The predicted molar refractivity (Wildman–Crippen MR) is 86.0 cm³/mol. The minimum atomic E-state index is -0.407. The molecule has 118 valence electrons. The van der Waals surface area contributed by atoms with Gasteiger partial charge in [-0.3, -0.25) is 4.79 Å². The van der Waals surface area contributed by atoms with E-state index < -0.39 is 5.54 Å². The fraction of sp³-hybridized carbons (Fsp3) is 0.533. The van der Waals surface area contributed by atoms with Crippen LogP contribution in [-0.4, -0.2) is 37.6 Å². The largest absolute Gasteiger partial charge is 0.493 e. The summed E-state index contributed by atoms with van der Waals surface area (Å²) < 4.78 is 15.8. The van der Waals surface area contributed by atoms with E-state index in [4.69, 9.17) is 14.2 Å². The van der Waals surface area contributed by atoms with Crippen molar-refractivity contribution in [3.63, 3.8) is 0 Å². The van der Waals surface area contributed by atoms with Crippen LogP contribution >= 0.6 is 15.9 Å². The van der Waals surface area contributed by atoms with Crippen LogP contribution in [-0.2, 0) is 0 Å². The van der Waals surface area contributed by atoms with E-state index in [0.29, 0.717) is 22.8 Å². The summed E-state index contributed by atoms with van der Waals surface area (Å²) in [7, 11) is 4.53. The van der Waals surface area contributed by atoms with Gasteiger partial charge in [0, 0.05) is 10.4 Å². The maximum Gasteiger partial charge on any atom is 0.255 e. The number of alkyl halides is 1. The molecule has 0 aromatic heterocycles. The van der Waals surface area contributed by atoms with Gasteiger partial charge in [0.25, 0.3) is 5.91 Å². The molecule has 1 aromatic rings. The molecule has 0 spiro atoms. The molecule has 1 N–H and O–H groups in total. The summed E-state index contributed by atoms with van der Waals surface area (Å²) in [5.74, 6) is 1.04. The molecule has 1 amide bonds. The summed E-state index contributed by atoms with van der Waals surface area (Å²) in [4.78, 5) is 12.6. The number of nitrogens with one attached hydrogen (secondary N) is 1. The highest BCUT2D eigenvalue weighted by Gasteiger charge is 2.28. The smallest absolute Gasteiger partial charge is 0.255 e. The Bertz CT molecular complexity index is 515. The lowest BCUT2D eigenvalue weighted by atomic mass is 10.0. The number of hydrogen-bond acceptors (Lipinski definition) is 4. The lowest BCUT2D eigenvalue weighted by Crippen LogP contribution is -2.48. The summed E-state index contributed by atoms with van der Waals surface area (Å²) >= 11 is 3.49. The second-order valence-electron chi connectivity index (χ2n) is 5.17. The van der Waals surface area contributed by atoms with Gasteiger partial charge in [0.15, 0.2) is 11.5 Å². The van der Waals surface area contributed by atoms with Crippen LogP contribution in [0.25, 0.3) is 0 Å². The van der Waals surface area contributed by atoms with Gasteiger partial charge >= 0.3 is 0 Å². The van der Waals surface area contributed by atoms with Crippen LogP contribution in [0, 0.1) is 0 Å². The van der Waals surface area contributed by atoms with E-state index in [1.165, 1.54) is 21.3 Å². The molecule has 0 aliphatic carbocycles. The topological polar surface area (TPSA) is 56.8 Å². The Morgan fingerprint density at radius 3 is 2.14 bits per heavy atom. The number of hydrogen-bond donors (Lipinski definition) is 1. The molecule has 1 aromatic carbocycles. The van der Waals surface area contributed by atoms with Crippen LogP contribution in [0.3, 0.4) is 0 Å². The van der Waals surface area contributed by atoms with Crippen LogP contribution in [0.1, 0.15) is 31.1 Å². The summed E-state index contributed by atoms with van der Waals surface area (Å²) in [6, 6.07) is 3.34. The minimum absolute atomic E-state index is 0.111. The van der Waals surface area contributed by atoms with E-state index in [2.05, 4.69) is 21.2 Å². The number of halogens is 1. The maximum atomic E-state index is 12.5. The van der Waals surface area contributed by atoms with Crippen molar-refractivity contribution in [3.05, 3.63) is 17.7 Å². The summed E-state index contributed by atoms with van der Waals surface area (Å²) in [6.45, 7) is 5.86. The fourth-order valence-electron chi connectivity index (χ4n) is 1.74. The number of carbonyl (C=O) groups excluding carboxylic acids is 1. The molecular weight excluding hydrogens is 338 g/mol. The molecule has 5 nitrogen and oxygen atoms in total. The first kappa shape index (κ1) is 17.6. The quantitative estimate of drug-likeness (QED) is 0.793. The van der Waals surface area contributed by atoms with Crippen molar-refractivity contribution < 1.29 is 19.0 Å². The second-order valence-corrected chi connectivity index (χ2v) is 6.55. The molecule has 21 heavy (non-hydrogen) atoms. The molecule has 1 atom stereocenters. The van der Waals surface area contributed by atoms with Crippen molar-refractivity contribution >= 4 is 21.8 Å². The van der Waals surface area contributed by atoms with E-state index in [0.717, 1.165) is 0 Å². The lowest BCUT2D eigenvalue weighted by Gasteiger charge is -2.29. The third-order valence-corrected chi connectivity index (χ3v) is 4.52. The first-order valence-corrected chi connectivity index (χ1v) is 7.45. The molecular formula is C15H22BrNO4. The molecule has 0 radical (unpaired) electrons. The van der Waals surface area contributed by atoms with Gasteiger partial charge in [-0.25, -0.2) is 0 Å². The highest BCUT2D eigenvalue weighted by Crippen LogP contribution is 2.39. The van der Waals surface area contributed by atoms with Gasteiger partial charge in [0.1, 0.15) is 0 Å². The highest BCUT2D eigenvalue weighted by atomic mass is 79.9. The molecule has 0 saturated heterocycles. The van der Waals surface area contributed by atoms with Gasteiger partial charge < -0.3 is 19.5 Å². The maximum absolute atomic E-state index is 12.5. The monoisotopic (exact) mass is 359 g/mol. The van der Waals surface area contributed by atoms with Crippen LogP contribution in [0.15, 0.2) is 12.1 Å². The number of rotatable bonds is 6. The first-order valence-electron chi connectivity index (χ1n) is 6.54. The van der Waals surface area contributed by atoms with Crippen LogP contribution in [0.2, 0.25) is 0 Å². The average Bonchev–Trinajstić information content (AvgIpc) is 2.44. The van der Waals surface area contributed by atoms with E-state index in [-0.39, 0.29) is 10.7 Å². The van der Waals surface area contributed by atoms with Crippen LogP contribution < -0.4 is 19.5 Å². The number of benzene rings is 1. The number of amides is 1. The van der Waals surface area contributed by atoms with Gasteiger partial charge in [0.05, 0.1) is 26.9 Å². The molecule has 0 fully saturated rings. The Balaban J connectivity index is 3.22.